The van der Waals surface area contributed by atoms with Crippen LogP contribution in [-0.4, -0.2) is 5.78 Å². The van der Waals surface area contributed by atoms with Gasteiger partial charge in [0.1, 0.15) is 0 Å². The third-order valence-electron chi connectivity index (χ3n) is 2.14. The van der Waals surface area contributed by atoms with E-state index in [0.29, 0.717) is 6.54 Å². The molecule has 0 bridgehead atoms. The van der Waals surface area contributed by atoms with E-state index in [9.17, 15) is 4.79 Å². The summed E-state index contributed by atoms with van der Waals surface area (Å²) in [7, 11) is 0. The second kappa shape index (κ2) is 5.91. The summed E-state index contributed by atoms with van der Waals surface area (Å²) in [5, 5.41) is 0. The summed E-state index contributed by atoms with van der Waals surface area (Å²) in [4.78, 5) is 11.4. The van der Waals surface area contributed by atoms with Gasteiger partial charge in [-0.25, -0.2) is 0 Å². The zero-order valence-corrected chi connectivity index (χ0v) is 10.4. The SMILES string of the molecule is Cc1cccc[n+]1CC(=O)C(C)C.[Br-]. The van der Waals surface area contributed by atoms with E-state index >= 15 is 0 Å². The van der Waals surface area contributed by atoms with Crippen molar-refractivity contribution in [1.29, 1.82) is 0 Å². The number of Topliss-reactive ketones (excluding diaryl/α,β-unsaturated/α-hetero) is 1. The van der Waals surface area contributed by atoms with Crippen LogP contribution in [0.2, 0.25) is 0 Å². The van der Waals surface area contributed by atoms with Crippen LogP contribution >= 0.6 is 0 Å². The van der Waals surface area contributed by atoms with E-state index in [-0.39, 0.29) is 28.7 Å². The van der Waals surface area contributed by atoms with Gasteiger partial charge in [-0.15, -0.1) is 0 Å². The molecule has 1 rings (SSSR count). The van der Waals surface area contributed by atoms with Gasteiger partial charge < -0.3 is 17.0 Å². The van der Waals surface area contributed by atoms with Crippen LogP contribution in [0.1, 0.15) is 19.5 Å². The molecule has 0 aliphatic heterocycles. The molecule has 0 saturated heterocycles. The lowest BCUT2D eigenvalue weighted by Gasteiger charge is -2.01. The predicted molar refractivity (Wildman–Crippen MR) is 51.2 cm³/mol. The van der Waals surface area contributed by atoms with Crippen molar-refractivity contribution < 1.29 is 26.3 Å². The number of nitrogens with zero attached hydrogens (tertiary/aromatic N) is 1. The van der Waals surface area contributed by atoms with Gasteiger partial charge in [-0.2, -0.15) is 4.57 Å². The normalized spacial score (nSPS) is 9.71. The van der Waals surface area contributed by atoms with Crippen LogP contribution in [0.25, 0.3) is 0 Å². The molecule has 2 nitrogen and oxygen atoms in total. The highest BCUT2D eigenvalue weighted by atomic mass is 79.9. The second-order valence-corrected chi connectivity index (χ2v) is 3.59. The smallest absolute Gasteiger partial charge is 0.206 e. The summed E-state index contributed by atoms with van der Waals surface area (Å²) in [5.41, 5.74) is 1.12. The van der Waals surface area contributed by atoms with Crippen molar-refractivity contribution in [3.8, 4) is 0 Å². The van der Waals surface area contributed by atoms with Crippen molar-refractivity contribution in [2.45, 2.75) is 27.3 Å². The van der Waals surface area contributed by atoms with Crippen LogP contribution in [0, 0.1) is 12.8 Å². The van der Waals surface area contributed by atoms with Crippen molar-refractivity contribution in [2.24, 2.45) is 5.92 Å². The first-order valence-corrected chi connectivity index (χ1v) is 4.59. The van der Waals surface area contributed by atoms with Gasteiger partial charge in [0.25, 0.3) is 0 Å². The molecule has 3 heteroatoms. The molecule has 0 unspecified atom stereocenters. The Hall–Kier alpha value is -0.700. The molecule has 1 aromatic rings. The molecule has 0 radical (unpaired) electrons. The number of rotatable bonds is 3. The Balaban J connectivity index is 0.00000169. The van der Waals surface area contributed by atoms with Crippen LogP contribution in [-0.2, 0) is 11.3 Å². The number of carbonyl (C=O) groups excluding carboxylic acids is 1. The molecule has 0 spiro atoms. The van der Waals surface area contributed by atoms with Gasteiger partial charge in [-0.05, 0) is 0 Å². The number of halogens is 1. The lowest BCUT2D eigenvalue weighted by atomic mass is 10.1. The zero-order valence-electron chi connectivity index (χ0n) is 8.83. The number of pyridine rings is 1. The molecule has 1 aromatic heterocycles. The topological polar surface area (TPSA) is 20.9 Å². The van der Waals surface area contributed by atoms with Crippen molar-refractivity contribution in [1.82, 2.24) is 0 Å². The van der Waals surface area contributed by atoms with E-state index in [2.05, 4.69) is 0 Å². The largest absolute Gasteiger partial charge is 1.00 e. The Morgan fingerprint density at radius 2 is 2.07 bits per heavy atom. The van der Waals surface area contributed by atoms with Gasteiger partial charge in [-0.3, -0.25) is 4.79 Å². The first kappa shape index (κ1) is 13.3. The molecule has 14 heavy (non-hydrogen) atoms. The molecular weight excluding hydrogens is 242 g/mol. The van der Waals surface area contributed by atoms with E-state index in [0.717, 1.165) is 5.69 Å². The van der Waals surface area contributed by atoms with Crippen molar-refractivity contribution in [2.75, 3.05) is 0 Å². The fourth-order valence-electron chi connectivity index (χ4n) is 1.09. The maximum absolute atomic E-state index is 11.4. The van der Waals surface area contributed by atoms with Gasteiger partial charge in [0.05, 0.1) is 0 Å². The molecule has 0 aliphatic rings. The molecule has 0 aliphatic carbocycles. The third-order valence-corrected chi connectivity index (χ3v) is 2.14. The summed E-state index contributed by atoms with van der Waals surface area (Å²) >= 11 is 0. The minimum atomic E-state index is 0. The van der Waals surface area contributed by atoms with Crippen LogP contribution < -0.4 is 21.5 Å². The highest BCUT2D eigenvalue weighted by molar-refractivity contribution is 5.78. The molecule has 0 aromatic carbocycles. The summed E-state index contributed by atoms with van der Waals surface area (Å²) in [5.74, 6) is 0.395. The fourth-order valence-corrected chi connectivity index (χ4v) is 1.09. The van der Waals surface area contributed by atoms with E-state index < -0.39 is 0 Å². The summed E-state index contributed by atoms with van der Waals surface area (Å²) in [6.07, 6.45) is 1.94. The van der Waals surface area contributed by atoms with Crippen LogP contribution in [0.5, 0.6) is 0 Å². The highest BCUT2D eigenvalue weighted by Gasteiger charge is 2.14. The van der Waals surface area contributed by atoms with Crippen LogP contribution in [0.15, 0.2) is 24.4 Å². The number of aryl methyl sites for hydroxylation is 1. The van der Waals surface area contributed by atoms with Crippen molar-refractivity contribution >= 4 is 5.78 Å². The predicted octanol–water partition coefficient (Wildman–Crippen LogP) is -1.49. The minimum absolute atomic E-state index is 0. The van der Waals surface area contributed by atoms with Crippen LogP contribution in [0.3, 0.4) is 0 Å². The van der Waals surface area contributed by atoms with Gasteiger partial charge in [0.2, 0.25) is 6.54 Å². The lowest BCUT2D eigenvalue weighted by molar-refractivity contribution is -0.690. The van der Waals surface area contributed by atoms with E-state index in [1.165, 1.54) is 0 Å². The first-order chi connectivity index (χ1) is 6.11. The van der Waals surface area contributed by atoms with E-state index in [1.807, 2.05) is 49.7 Å². The van der Waals surface area contributed by atoms with Crippen LogP contribution in [0.4, 0.5) is 0 Å². The number of ketones is 1. The number of hydrogen-bond donors (Lipinski definition) is 0. The molecule has 0 saturated carbocycles. The molecule has 78 valence electrons. The monoisotopic (exact) mass is 257 g/mol. The maximum atomic E-state index is 11.4. The van der Waals surface area contributed by atoms with Gasteiger partial charge in [-0.1, -0.05) is 19.9 Å². The van der Waals surface area contributed by atoms with Gasteiger partial charge >= 0.3 is 0 Å². The first-order valence-electron chi connectivity index (χ1n) is 4.59. The highest BCUT2D eigenvalue weighted by Crippen LogP contribution is 1.95. The summed E-state index contributed by atoms with van der Waals surface area (Å²) < 4.78 is 1.97. The number of hydrogen-bond acceptors (Lipinski definition) is 1. The second-order valence-electron chi connectivity index (χ2n) is 3.59. The van der Waals surface area contributed by atoms with E-state index in [4.69, 9.17) is 0 Å². The maximum Gasteiger partial charge on any atom is 0.206 e. The van der Waals surface area contributed by atoms with Gasteiger partial charge in [0, 0.05) is 25.0 Å². The molecule has 0 atom stereocenters. The average molecular weight is 258 g/mol. The molecule has 0 fully saturated rings. The minimum Gasteiger partial charge on any atom is -1.00 e. The fraction of sp³-hybridized carbons (Fsp3) is 0.455. The summed E-state index contributed by atoms with van der Waals surface area (Å²) in [6.45, 7) is 6.36. The lowest BCUT2D eigenvalue weighted by Crippen LogP contribution is -3.00. The Morgan fingerprint density at radius 3 is 2.57 bits per heavy atom. The van der Waals surface area contributed by atoms with E-state index in [1.54, 1.807) is 0 Å². The quantitative estimate of drug-likeness (QED) is 0.605. The Morgan fingerprint density at radius 1 is 1.43 bits per heavy atom. The third kappa shape index (κ3) is 3.58. The molecule has 0 N–H and O–H groups in total. The van der Waals surface area contributed by atoms with Crippen molar-refractivity contribution in [3.05, 3.63) is 30.1 Å². The molecular formula is C11H16BrNO. The number of carbonyl (C=O) groups is 1. The molecule has 0 amide bonds. The Labute approximate surface area is 95.7 Å². The zero-order chi connectivity index (χ0) is 9.84. The summed E-state index contributed by atoms with van der Waals surface area (Å²) in [6, 6.07) is 5.93. The van der Waals surface area contributed by atoms with Gasteiger partial charge in [0.15, 0.2) is 17.7 Å². The standard InChI is InChI=1S/C11H16NO.BrH/c1-9(2)11(13)8-12-7-5-4-6-10(12)3;/h4-7,9H,8H2,1-3H3;1H/q+1;/p-1. The average Bonchev–Trinajstić information content (AvgIpc) is 2.08. The molecule has 1 heterocycles. The Bertz CT molecular complexity index is 310. The number of aromatic nitrogens is 1. The Kier molecular flexibility index (Phi) is 5.62. The van der Waals surface area contributed by atoms with Crippen molar-refractivity contribution in [3.63, 3.8) is 0 Å².